The van der Waals surface area contributed by atoms with Crippen LogP contribution in [0.1, 0.15) is 36.6 Å². The molecule has 2 heterocycles. The number of carbonyl (C=O) groups is 1. The van der Waals surface area contributed by atoms with Crippen molar-refractivity contribution in [3.63, 3.8) is 0 Å². The Hall–Kier alpha value is -1.92. The van der Waals surface area contributed by atoms with Crippen molar-refractivity contribution in [3.8, 4) is 0 Å². The smallest absolute Gasteiger partial charge is 0.209 e. The van der Waals surface area contributed by atoms with E-state index in [0.29, 0.717) is 5.92 Å². The van der Waals surface area contributed by atoms with Gasteiger partial charge in [0.25, 0.3) is 0 Å². The van der Waals surface area contributed by atoms with Gasteiger partial charge in [0.05, 0.1) is 5.69 Å². The molecular weight excluding hydrogens is 332 g/mol. The van der Waals surface area contributed by atoms with E-state index in [1.807, 2.05) is 4.90 Å². The SMILES string of the molecule is Cc1c(CN2CCN(C=O)CC2)cccc1Nc1nc(C(C)C)cs1. The predicted octanol–water partition coefficient (Wildman–Crippen LogP) is 3.59. The molecule has 1 fully saturated rings. The van der Waals surface area contributed by atoms with Crippen LogP contribution in [0, 0.1) is 6.92 Å². The number of aromatic nitrogens is 1. The number of nitrogens with one attached hydrogen (secondary N) is 1. The van der Waals surface area contributed by atoms with E-state index in [-0.39, 0.29) is 0 Å². The van der Waals surface area contributed by atoms with Crippen molar-refractivity contribution in [2.24, 2.45) is 0 Å². The van der Waals surface area contributed by atoms with Gasteiger partial charge in [-0.1, -0.05) is 26.0 Å². The fraction of sp³-hybridized carbons (Fsp3) is 0.474. The molecule has 6 heteroatoms. The number of anilines is 2. The molecule has 1 aliphatic rings. The summed E-state index contributed by atoms with van der Waals surface area (Å²) in [6, 6.07) is 6.40. The highest BCUT2D eigenvalue weighted by atomic mass is 32.1. The van der Waals surface area contributed by atoms with Crippen molar-refractivity contribution >= 4 is 28.6 Å². The number of carbonyl (C=O) groups excluding carboxylic acids is 1. The van der Waals surface area contributed by atoms with Gasteiger partial charge in [0.15, 0.2) is 5.13 Å². The lowest BCUT2D eigenvalue weighted by atomic mass is 10.1. The van der Waals surface area contributed by atoms with Crippen LogP contribution in [0.25, 0.3) is 0 Å². The first-order valence-corrected chi connectivity index (χ1v) is 9.67. The lowest BCUT2D eigenvalue weighted by Gasteiger charge is -2.32. The van der Waals surface area contributed by atoms with E-state index in [1.54, 1.807) is 11.3 Å². The van der Waals surface area contributed by atoms with E-state index in [4.69, 9.17) is 0 Å². The van der Waals surface area contributed by atoms with Crippen LogP contribution in [0.5, 0.6) is 0 Å². The number of hydrogen-bond acceptors (Lipinski definition) is 5. The molecular formula is C19H26N4OS. The molecule has 1 amide bonds. The van der Waals surface area contributed by atoms with Crippen molar-refractivity contribution in [2.45, 2.75) is 33.2 Å². The summed E-state index contributed by atoms with van der Waals surface area (Å²) < 4.78 is 0. The zero-order chi connectivity index (χ0) is 17.8. The van der Waals surface area contributed by atoms with Crippen LogP contribution >= 0.6 is 11.3 Å². The molecule has 1 aromatic heterocycles. The Morgan fingerprint density at radius 2 is 2.04 bits per heavy atom. The van der Waals surface area contributed by atoms with Gasteiger partial charge in [0.1, 0.15) is 0 Å². The van der Waals surface area contributed by atoms with E-state index in [0.717, 1.165) is 55.6 Å². The third-order valence-corrected chi connectivity index (χ3v) is 5.53. The Kier molecular flexibility index (Phi) is 5.71. The maximum Gasteiger partial charge on any atom is 0.209 e. The molecule has 0 atom stereocenters. The fourth-order valence-corrected chi connectivity index (χ4v) is 3.87. The first-order valence-electron chi connectivity index (χ1n) is 8.79. The standard InChI is InChI=1S/C19H26N4OS/c1-14(2)18-12-25-19(21-18)20-17-6-4-5-16(15(17)3)11-22-7-9-23(13-24)10-8-22/h4-6,12-14H,7-11H2,1-3H3,(H,20,21). The van der Waals surface area contributed by atoms with Gasteiger partial charge in [-0.15, -0.1) is 11.3 Å². The van der Waals surface area contributed by atoms with Crippen molar-refractivity contribution in [2.75, 3.05) is 31.5 Å². The second kappa shape index (κ2) is 7.97. The number of nitrogens with zero attached hydrogens (tertiary/aromatic N) is 3. The number of benzene rings is 1. The first kappa shape index (κ1) is 17.9. The monoisotopic (exact) mass is 358 g/mol. The lowest BCUT2D eigenvalue weighted by molar-refractivity contribution is -0.119. The average Bonchev–Trinajstić information content (AvgIpc) is 3.08. The van der Waals surface area contributed by atoms with Crippen LogP contribution in [-0.4, -0.2) is 47.4 Å². The van der Waals surface area contributed by atoms with Crippen molar-refractivity contribution in [1.29, 1.82) is 0 Å². The van der Waals surface area contributed by atoms with Crippen molar-refractivity contribution < 1.29 is 4.79 Å². The Bertz CT molecular complexity index is 720. The Labute approximate surface area is 153 Å². The molecule has 1 N–H and O–H groups in total. The quantitative estimate of drug-likeness (QED) is 0.802. The molecule has 25 heavy (non-hydrogen) atoms. The third kappa shape index (κ3) is 4.38. The van der Waals surface area contributed by atoms with Crippen LogP contribution in [0.15, 0.2) is 23.6 Å². The predicted molar refractivity (Wildman–Crippen MR) is 104 cm³/mol. The van der Waals surface area contributed by atoms with Gasteiger partial charge in [0, 0.05) is 43.8 Å². The molecule has 1 aliphatic heterocycles. The molecule has 3 rings (SSSR count). The van der Waals surface area contributed by atoms with E-state index in [2.05, 4.69) is 59.6 Å². The highest BCUT2D eigenvalue weighted by Gasteiger charge is 2.17. The molecule has 0 spiro atoms. The average molecular weight is 359 g/mol. The number of rotatable bonds is 6. The summed E-state index contributed by atoms with van der Waals surface area (Å²) in [5.41, 5.74) is 4.84. The summed E-state index contributed by atoms with van der Waals surface area (Å²) in [6.45, 7) is 10.9. The summed E-state index contributed by atoms with van der Waals surface area (Å²) in [6.07, 6.45) is 0.951. The molecule has 2 aromatic rings. The molecule has 0 bridgehead atoms. The molecule has 0 radical (unpaired) electrons. The highest BCUT2D eigenvalue weighted by molar-refractivity contribution is 7.13. The highest BCUT2D eigenvalue weighted by Crippen LogP contribution is 2.28. The zero-order valence-electron chi connectivity index (χ0n) is 15.2. The van der Waals surface area contributed by atoms with Gasteiger partial charge >= 0.3 is 0 Å². The van der Waals surface area contributed by atoms with E-state index in [1.165, 1.54) is 11.1 Å². The van der Waals surface area contributed by atoms with Gasteiger partial charge in [-0.05, 0) is 30.0 Å². The number of amides is 1. The molecule has 0 saturated carbocycles. The Morgan fingerprint density at radius 1 is 1.28 bits per heavy atom. The summed E-state index contributed by atoms with van der Waals surface area (Å²) in [4.78, 5) is 19.8. The fourth-order valence-electron chi connectivity index (χ4n) is 2.98. The van der Waals surface area contributed by atoms with Gasteiger partial charge in [0.2, 0.25) is 6.41 Å². The molecule has 0 unspecified atom stereocenters. The maximum atomic E-state index is 10.8. The normalized spacial score (nSPS) is 15.6. The van der Waals surface area contributed by atoms with E-state index >= 15 is 0 Å². The minimum absolute atomic E-state index is 0.448. The minimum atomic E-state index is 0.448. The molecule has 0 aliphatic carbocycles. The number of thiazole rings is 1. The first-order chi connectivity index (χ1) is 12.1. The van der Waals surface area contributed by atoms with E-state index in [9.17, 15) is 4.79 Å². The van der Waals surface area contributed by atoms with Crippen LogP contribution in [0.2, 0.25) is 0 Å². The van der Waals surface area contributed by atoms with Crippen LogP contribution in [0.3, 0.4) is 0 Å². The topological polar surface area (TPSA) is 48.5 Å². The minimum Gasteiger partial charge on any atom is -0.343 e. The van der Waals surface area contributed by atoms with Crippen molar-refractivity contribution in [1.82, 2.24) is 14.8 Å². The van der Waals surface area contributed by atoms with Gasteiger partial charge in [-0.25, -0.2) is 4.98 Å². The second-order valence-corrected chi connectivity index (χ2v) is 7.72. The summed E-state index contributed by atoms with van der Waals surface area (Å²) in [5.74, 6) is 0.448. The molecule has 1 aromatic carbocycles. The van der Waals surface area contributed by atoms with Crippen LogP contribution in [-0.2, 0) is 11.3 Å². The largest absolute Gasteiger partial charge is 0.343 e. The van der Waals surface area contributed by atoms with Gasteiger partial charge < -0.3 is 10.2 Å². The van der Waals surface area contributed by atoms with Crippen molar-refractivity contribution in [3.05, 3.63) is 40.4 Å². The number of hydrogen-bond donors (Lipinski definition) is 1. The molecule has 1 saturated heterocycles. The summed E-state index contributed by atoms with van der Waals surface area (Å²) in [7, 11) is 0. The van der Waals surface area contributed by atoms with Gasteiger partial charge in [-0.3, -0.25) is 9.69 Å². The van der Waals surface area contributed by atoms with Crippen LogP contribution < -0.4 is 5.32 Å². The summed E-state index contributed by atoms with van der Waals surface area (Å²) in [5, 5.41) is 6.55. The third-order valence-electron chi connectivity index (χ3n) is 4.75. The molecule has 5 nitrogen and oxygen atoms in total. The number of piperazine rings is 1. The Balaban J connectivity index is 1.68. The zero-order valence-corrected chi connectivity index (χ0v) is 16.0. The second-order valence-electron chi connectivity index (χ2n) is 6.86. The molecule has 134 valence electrons. The lowest BCUT2D eigenvalue weighted by Crippen LogP contribution is -2.45. The van der Waals surface area contributed by atoms with Gasteiger partial charge in [-0.2, -0.15) is 0 Å². The van der Waals surface area contributed by atoms with Crippen LogP contribution in [0.4, 0.5) is 10.8 Å². The van der Waals surface area contributed by atoms with E-state index < -0.39 is 0 Å². The maximum absolute atomic E-state index is 10.8. The Morgan fingerprint density at radius 3 is 2.68 bits per heavy atom. The summed E-state index contributed by atoms with van der Waals surface area (Å²) >= 11 is 1.65.